The van der Waals surface area contributed by atoms with Gasteiger partial charge < -0.3 is 20.5 Å². The highest BCUT2D eigenvalue weighted by molar-refractivity contribution is 5.73. The Bertz CT molecular complexity index is 386. The van der Waals surface area contributed by atoms with Gasteiger partial charge in [0.15, 0.2) is 0 Å². The molecule has 1 aromatic rings. The number of rotatable bonds is 6. The van der Waals surface area contributed by atoms with E-state index in [1.807, 2.05) is 30.1 Å². The van der Waals surface area contributed by atoms with E-state index >= 15 is 0 Å². The van der Waals surface area contributed by atoms with Crippen molar-refractivity contribution in [2.75, 3.05) is 30.8 Å². The average Bonchev–Trinajstić information content (AvgIpc) is 2.25. The van der Waals surface area contributed by atoms with Gasteiger partial charge in [0.1, 0.15) is 5.75 Å². The summed E-state index contributed by atoms with van der Waals surface area (Å²) in [5.41, 5.74) is 6.84. The summed E-state index contributed by atoms with van der Waals surface area (Å²) in [6.45, 7) is 6.77. The predicted octanol–water partition coefficient (Wildman–Crippen LogP) is 2.26. The van der Waals surface area contributed by atoms with Crippen molar-refractivity contribution in [3.05, 3.63) is 18.2 Å². The first kappa shape index (κ1) is 14.6. The third-order valence-corrected chi connectivity index (χ3v) is 2.54. The van der Waals surface area contributed by atoms with Crippen LogP contribution >= 0.6 is 0 Å². The summed E-state index contributed by atoms with van der Waals surface area (Å²) in [6, 6.07) is 5.71. The molecule has 4 nitrogen and oxygen atoms in total. The fourth-order valence-corrected chi connectivity index (χ4v) is 1.87. The molecule has 0 aliphatic rings. The van der Waals surface area contributed by atoms with E-state index in [0.29, 0.717) is 24.6 Å². The average molecular weight is 252 g/mol. The molecule has 0 amide bonds. The number of nitrogens with two attached hydrogens (primary N) is 1. The molecular weight excluding hydrogens is 228 g/mol. The van der Waals surface area contributed by atoms with E-state index in [2.05, 4.69) is 6.92 Å². The number of likely N-dealkylation sites (N-methyl/N-ethyl adjacent to an activating group) is 1. The highest BCUT2D eigenvalue weighted by atomic mass is 16.5. The lowest BCUT2D eigenvalue weighted by Gasteiger charge is -2.28. The van der Waals surface area contributed by atoms with Crippen LogP contribution in [-0.2, 0) is 0 Å². The molecule has 3 N–H and O–H groups in total. The molecule has 1 rings (SSSR count). The number of para-hydroxylation sites is 1. The molecule has 0 bridgehead atoms. The van der Waals surface area contributed by atoms with Crippen molar-refractivity contribution in [1.29, 1.82) is 0 Å². The van der Waals surface area contributed by atoms with Gasteiger partial charge in [-0.3, -0.25) is 0 Å². The van der Waals surface area contributed by atoms with Gasteiger partial charge in [-0.15, -0.1) is 0 Å². The Kier molecular flexibility index (Phi) is 4.84. The zero-order chi connectivity index (χ0) is 13.8. The summed E-state index contributed by atoms with van der Waals surface area (Å²) in [5.74, 6) is 0.706. The molecule has 0 saturated heterocycles. The molecular formula is C14H24N2O2. The lowest BCUT2D eigenvalue weighted by molar-refractivity contribution is 0.0886. The zero-order valence-corrected chi connectivity index (χ0v) is 11.7. The van der Waals surface area contributed by atoms with Crippen molar-refractivity contribution in [2.24, 2.45) is 0 Å². The number of ether oxygens (including phenoxy) is 1. The van der Waals surface area contributed by atoms with Crippen LogP contribution in [0.4, 0.5) is 11.4 Å². The number of hydrogen-bond acceptors (Lipinski definition) is 4. The first-order valence-corrected chi connectivity index (χ1v) is 6.30. The van der Waals surface area contributed by atoms with E-state index < -0.39 is 5.60 Å². The Morgan fingerprint density at radius 1 is 1.39 bits per heavy atom. The molecule has 18 heavy (non-hydrogen) atoms. The van der Waals surface area contributed by atoms with E-state index in [0.717, 1.165) is 12.1 Å². The number of aliphatic hydroxyl groups is 1. The molecule has 0 aliphatic carbocycles. The molecule has 0 fully saturated rings. The third-order valence-electron chi connectivity index (χ3n) is 2.54. The Morgan fingerprint density at radius 2 is 2.06 bits per heavy atom. The number of anilines is 2. The normalized spacial score (nSPS) is 11.4. The highest BCUT2D eigenvalue weighted by Crippen LogP contribution is 2.32. The van der Waals surface area contributed by atoms with Crippen LogP contribution in [0.15, 0.2) is 18.2 Å². The van der Waals surface area contributed by atoms with E-state index in [1.54, 1.807) is 13.8 Å². The maximum absolute atomic E-state index is 9.84. The highest BCUT2D eigenvalue weighted by Gasteiger charge is 2.18. The summed E-state index contributed by atoms with van der Waals surface area (Å²) in [6.07, 6.45) is 0.948. The molecule has 4 heteroatoms. The van der Waals surface area contributed by atoms with Gasteiger partial charge in [0.05, 0.1) is 23.6 Å². The SMILES string of the molecule is CCCOc1cccc(N(C)CC(C)(C)O)c1N. The number of benzene rings is 1. The van der Waals surface area contributed by atoms with Crippen LogP contribution in [0.1, 0.15) is 27.2 Å². The molecule has 0 saturated carbocycles. The number of nitrogen functional groups attached to an aromatic ring is 1. The topological polar surface area (TPSA) is 58.7 Å². The summed E-state index contributed by atoms with van der Waals surface area (Å²) in [7, 11) is 1.91. The fourth-order valence-electron chi connectivity index (χ4n) is 1.87. The van der Waals surface area contributed by atoms with E-state index in [4.69, 9.17) is 10.5 Å². The second-order valence-corrected chi connectivity index (χ2v) is 5.21. The predicted molar refractivity (Wildman–Crippen MR) is 76.2 cm³/mol. The smallest absolute Gasteiger partial charge is 0.144 e. The van der Waals surface area contributed by atoms with Gasteiger partial charge >= 0.3 is 0 Å². The molecule has 0 atom stereocenters. The monoisotopic (exact) mass is 252 g/mol. The molecule has 0 aromatic heterocycles. The zero-order valence-electron chi connectivity index (χ0n) is 11.7. The maximum atomic E-state index is 9.84. The van der Waals surface area contributed by atoms with Gasteiger partial charge in [0, 0.05) is 13.6 Å². The van der Waals surface area contributed by atoms with Gasteiger partial charge in [-0.05, 0) is 32.4 Å². The second kappa shape index (κ2) is 5.96. The molecule has 0 unspecified atom stereocenters. The van der Waals surface area contributed by atoms with Crippen LogP contribution in [0, 0.1) is 0 Å². The van der Waals surface area contributed by atoms with Crippen molar-refractivity contribution in [3.8, 4) is 5.75 Å². The molecule has 0 spiro atoms. The summed E-state index contributed by atoms with van der Waals surface area (Å²) in [5, 5.41) is 9.84. The van der Waals surface area contributed by atoms with Crippen LogP contribution in [0.3, 0.4) is 0 Å². The minimum absolute atomic E-state index is 0.508. The van der Waals surface area contributed by atoms with E-state index in [1.165, 1.54) is 0 Å². The van der Waals surface area contributed by atoms with Gasteiger partial charge in [-0.1, -0.05) is 13.0 Å². The van der Waals surface area contributed by atoms with Gasteiger partial charge in [-0.25, -0.2) is 0 Å². The van der Waals surface area contributed by atoms with E-state index in [-0.39, 0.29) is 0 Å². The Hall–Kier alpha value is -1.42. The van der Waals surface area contributed by atoms with Crippen molar-refractivity contribution in [2.45, 2.75) is 32.8 Å². The van der Waals surface area contributed by atoms with Crippen LogP contribution in [0.5, 0.6) is 5.75 Å². The van der Waals surface area contributed by atoms with Crippen molar-refractivity contribution in [3.63, 3.8) is 0 Å². The van der Waals surface area contributed by atoms with Crippen molar-refractivity contribution >= 4 is 11.4 Å². The van der Waals surface area contributed by atoms with Crippen LogP contribution in [0.2, 0.25) is 0 Å². The first-order chi connectivity index (χ1) is 8.35. The van der Waals surface area contributed by atoms with Crippen LogP contribution < -0.4 is 15.4 Å². The minimum atomic E-state index is -0.762. The maximum Gasteiger partial charge on any atom is 0.144 e. The molecule has 0 heterocycles. The second-order valence-electron chi connectivity index (χ2n) is 5.21. The fraction of sp³-hybridized carbons (Fsp3) is 0.571. The van der Waals surface area contributed by atoms with Crippen molar-refractivity contribution < 1.29 is 9.84 Å². The molecule has 0 radical (unpaired) electrons. The van der Waals surface area contributed by atoms with Gasteiger partial charge in [0.25, 0.3) is 0 Å². The lowest BCUT2D eigenvalue weighted by atomic mass is 10.1. The van der Waals surface area contributed by atoms with Gasteiger partial charge in [0.2, 0.25) is 0 Å². The minimum Gasteiger partial charge on any atom is -0.491 e. The Labute approximate surface area is 109 Å². The first-order valence-electron chi connectivity index (χ1n) is 6.30. The Morgan fingerprint density at radius 3 is 2.61 bits per heavy atom. The largest absolute Gasteiger partial charge is 0.491 e. The molecule has 0 aliphatic heterocycles. The van der Waals surface area contributed by atoms with E-state index in [9.17, 15) is 5.11 Å². The standard InChI is InChI=1S/C14H24N2O2/c1-5-9-18-12-8-6-7-11(13(12)15)16(4)10-14(2,3)17/h6-8,17H,5,9-10,15H2,1-4H3. The Balaban J connectivity index is 2.89. The summed E-state index contributed by atoms with van der Waals surface area (Å²) >= 11 is 0. The molecule has 102 valence electrons. The van der Waals surface area contributed by atoms with Gasteiger partial charge in [-0.2, -0.15) is 0 Å². The van der Waals surface area contributed by atoms with Crippen LogP contribution in [0.25, 0.3) is 0 Å². The third kappa shape index (κ3) is 4.11. The summed E-state index contributed by atoms with van der Waals surface area (Å²) in [4.78, 5) is 1.94. The lowest BCUT2D eigenvalue weighted by Crippen LogP contribution is -2.36. The quantitative estimate of drug-likeness (QED) is 0.762. The summed E-state index contributed by atoms with van der Waals surface area (Å²) < 4.78 is 5.59. The van der Waals surface area contributed by atoms with Crippen molar-refractivity contribution in [1.82, 2.24) is 0 Å². The number of hydrogen-bond donors (Lipinski definition) is 2. The number of nitrogens with zero attached hydrogens (tertiary/aromatic N) is 1. The van der Waals surface area contributed by atoms with Crippen LogP contribution in [-0.4, -0.2) is 30.9 Å². The molecule has 1 aromatic carbocycles.